The number of hydrogen-bond acceptors (Lipinski definition) is 4. The van der Waals surface area contributed by atoms with Crippen molar-refractivity contribution >= 4 is 16.9 Å². The van der Waals surface area contributed by atoms with E-state index in [-0.39, 0.29) is 11.9 Å². The third kappa shape index (κ3) is 4.21. The standard InChI is InChI=1S/C25H30N2O3/c1-17-7-12-21-18(2)24(30-23(21)15-17)25(28)26-16-22(27-13-5-4-6-14-27)19-8-10-20(29-3)11-9-19/h7-12,15,22H,4-6,13-14,16H2,1-3H3,(H,26,28). The minimum absolute atomic E-state index is 0.132. The fourth-order valence-corrected chi connectivity index (χ4v) is 4.33. The van der Waals surface area contributed by atoms with Gasteiger partial charge in [-0.1, -0.05) is 30.7 Å². The lowest BCUT2D eigenvalue weighted by atomic mass is 10.0. The first-order valence-electron chi connectivity index (χ1n) is 10.7. The van der Waals surface area contributed by atoms with Gasteiger partial charge in [0, 0.05) is 17.5 Å². The van der Waals surface area contributed by atoms with Gasteiger partial charge in [-0.2, -0.15) is 0 Å². The van der Waals surface area contributed by atoms with E-state index in [9.17, 15) is 4.79 Å². The van der Waals surface area contributed by atoms with Crippen LogP contribution in [-0.4, -0.2) is 37.6 Å². The topological polar surface area (TPSA) is 54.7 Å². The molecule has 3 aromatic rings. The van der Waals surface area contributed by atoms with Gasteiger partial charge in [0.15, 0.2) is 5.76 Å². The van der Waals surface area contributed by atoms with E-state index in [0.717, 1.165) is 40.9 Å². The van der Waals surface area contributed by atoms with Crippen molar-refractivity contribution in [3.8, 4) is 5.75 Å². The fourth-order valence-electron chi connectivity index (χ4n) is 4.33. The second-order valence-corrected chi connectivity index (χ2v) is 8.15. The highest BCUT2D eigenvalue weighted by atomic mass is 16.5. The lowest BCUT2D eigenvalue weighted by Crippen LogP contribution is -2.40. The zero-order valence-electron chi connectivity index (χ0n) is 18.0. The fraction of sp³-hybridized carbons (Fsp3) is 0.400. The summed E-state index contributed by atoms with van der Waals surface area (Å²) in [5.41, 5.74) is 3.96. The predicted molar refractivity (Wildman–Crippen MR) is 119 cm³/mol. The maximum Gasteiger partial charge on any atom is 0.287 e. The lowest BCUT2D eigenvalue weighted by Gasteiger charge is -2.35. The summed E-state index contributed by atoms with van der Waals surface area (Å²) in [5.74, 6) is 1.09. The Hall–Kier alpha value is -2.79. The van der Waals surface area contributed by atoms with E-state index >= 15 is 0 Å². The number of benzene rings is 2. The first-order chi connectivity index (χ1) is 14.6. The van der Waals surface area contributed by atoms with Gasteiger partial charge in [-0.05, 0) is 69.1 Å². The molecule has 1 aliphatic heterocycles. The van der Waals surface area contributed by atoms with Gasteiger partial charge in [0.25, 0.3) is 5.91 Å². The molecule has 1 aromatic heterocycles. The van der Waals surface area contributed by atoms with Gasteiger partial charge in [0.2, 0.25) is 0 Å². The van der Waals surface area contributed by atoms with E-state index in [0.29, 0.717) is 12.3 Å². The Morgan fingerprint density at radius 2 is 1.83 bits per heavy atom. The number of aryl methyl sites for hydroxylation is 2. The first kappa shape index (κ1) is 20.5. The molecule has 1 atom stereocenters. The van der Waals surface area contributed by atoms with Crippen LogP contribution in [0.2, 0.25) is 0 Å². The van der Waals surface area contributed by atoms with Crippen molar-refractivity contribution in [3.63, 3.8) is 0 Å². The normalized spacial score (nSPS) is 15.8. The summed E-state index contributed by atoms with van der Waals surface area (Å²) < 4.78 is 11.2. The molecule has 1 saturated heterocycles. The van der Waals surface area contributed by atoms with Crippen LogP contribution in [0.15, 0.2) is 46.9 Å². The predicted octanol–water partition coefficient (Wildman–Crippen LogP) is 5.02. The maximum atomic E-state index is 13.0. The van der Waals surface area contributed by atoms with Crippen LogP contribution in [0.5, 0.6) is 5.75 Å². The van der Waals surface area contributed by atoms with Crippen LogP contribution in [0, 0.1) is 13.8 Å². The third-order valence-electron chi connectivity index (χ3n) is 6.09. The summed E-state index contributed by atoms with van der Waals surface area (Å²) in [6, 6.07) is 14.3. The summed E-state index contributed by atoms with van der Waals surface area (Å²) >= 11 is 0. The molecule has 30 heavy (non-hydrogen) atoms. The molecule has 1 fully saturated rings. The van der Waals surface area contributed by atoms with E-state index < -0.39 is 0 Å². The van der Waals surface area contributed by atoms with Crippen molar-refractivity contribution in [2.45, 2.75) is 39.2 Å². The largest absolute Gasteiger partial charge is 0.497 e. The van der Waals surface area contributed by atoms with Crippen molar-refractivity contribution in [1.29, 1.82) is 0 Å². The van der Waals surface area contributed by atoms with E-state index in [2.05, 4.69) is 22.3 Å². The molecule has 0 saturated carbocycles. The van der Waals surface area contributed by atoms with Gasteiger partial charge in [-0.25, -0.2) is 0 Å². The number of likely N-dealkylation sites (tertiary alicyclic amines) is 1. The van der Waals surface area contributed by atoms with E-state index in [1.54, 1.807) is 7.11 Å². The van der Waals surface area contributed by atoms with Gasteiger partial charge in [-0.3, -0.25) is 9.69 Å². The van der Waals surface area contributed by atoms with Gasteiger partial charge in [-0.15, -0.1) is 0 Å². The number of amides is 1. The van der Waals surface area contributed by atoms with Gasteiger partial charge in [0.05, 0.1) is 13.2 Å². The van der Waals surface area contributed by atoms with Crippen molar-refractivity contribution in [2.75, 3.05) is 26.7 Å². The number of piperidine rings is 1. The summed E-state index contributed by atoms with van der Waals surface area (Å²) in [6.45, 7) is 6.61. The van der Waals surface area contributed by atoms with Crippen LogP contribution in [-0.2, 0) is 0 Å². The van der Waals surface area contributed by atoms with Gasteiger partial charge >= 0.3 is 0 Å². The van der Waals surface area contributed by atoms with E-state index in [4.69, 9.17) is 9.15 Å². The number of hydrogen-bond donors (Lipinski definition) is 1. The van der Waals surface area contributed by atoms with Crippen molar-refractivity contribution in [2.24, 2.45) is 0 Å². The minimum Gasteiger partial charge on any atom is -0.497 e. The summed E-state index contributed by atoms with van der Waals surface area (Å²) in [7, 11) is 1.68. The van der Waals surface area contributed by atoms with E-state index in [1.165, 1.54) is 24.8 Å². The molecule has 2 aromatic carbocycles. The molecule has 0 aliphatic carbocycles. The SMILES string of the molecule is COc1ccc(C(CNC(=O)c2oc3cc(C)ccc3c2C)N2CCCCC2)cc1. The molecule has 5 nitrogen and oxygen atoms in total. The lowest BCUT2D eigenvalue weighted by molar-refractivity contribution is 0.0898. The molecule has 1 aliphatic rings. The summed E-state index contributed by atoms with van der Waals surface area (Å²) in [6.07, 6.45) is 3.67. The van der Waals surface area contributed by atoms with Crippen LogP contribution in [0.1, 0.15) is 52.5 Å². The number of fused-ring (bicyclic) bond motifs is 1. The van der Waals surface area contributed by atoms with Crippen molar-refractivity contribution in [3.05, 3.63) is 64.9 Å². The van der Waals surface area contributed by atoms with Crippen LogP contribution < -0.4 is 10.1 Å². The average molecular weight is 407 g/mol. The smallest absolute Gasteiger partial charge is 0.287 e. The number of nitrogens with one attached hydrogen (secondary N) is 1. The molecule has 1 amide bonds. The van der Waals surface area contributed by atoms with Crippen LogP contribution in [0.4, 0.5) is 0 Å². The number of methoxy groups -OCH3 is 1. The Morgan fingerprint density at radius 3 is 2.53 bits per heavy atom. The number of furan rings is 1. The molecule has 4 rings (SSSR count). The molecule has 0 spiro atoms. The zero-order chi connectivity index (χ0) is 21.1. The highest BCUT2D eigenvalue weighted by Gasteiger charge is 2.24. The quantitative estimate of drug-likeness (QED) is 0.625. The Balaban J connectivity index is 1.54. The Bertz CT molecular complexity index is 1020. The second kappa shape index (κ2) is 8.92. The number of ether oxygens (including phenoxy) is 1. The molecule has 158 valence electrons. The molecular weight excluding hydrogens is 376 g/mol. The van der Waals surface area contributed by atoms with Crippen molar-refractivity contribution < 1.29 is 13.9 Å². The van der Waals surface area contributed by atoms with Gasteiger partial charge in [0.1, 0.15) is 11.3 Å². The summed E-state index contributed by atoms with van der Waals surface area (Å²) in [5, 5.41) is 4.13. The Kier molecular flexibility index (Phi) is 6.09. The average Bonchev–Trinajstić information content (AvgIpc) is 3.10. The Morgan fingerprint density at radius 1 is 1.10 bits per heavy atom. The van der Waals surface area contributed by atoms with Crippen molar-refractivity contribution in [1.82, 2.24) is 10.2 Å². The first-order valence-corrected chi connectivity index (χ1v) is 10.7. The monoisotopic (exact) mass is 406 g/mol. The number of rotatable bonds is 6. The van der Waals surface area contributed by atoms with Gasteiger partial charge < -0.3 is 14.5 Å². The third-order valence-corrected chi connectivity index (χ3v) is 6.09. The molecular formula is C25H30N2O3. The van der Waals surface area contributed by atoms with Crippen LogP contribution in [0.25, 0.3) is 11.0 Å². The number of carbonyl (C=O) groups is 1. The molecule has 1 N–H and O–H groups in total. The maximum absolute atomic E-state index is 13.0. The minimum atomic E-state index is -0.156. The molecule has 0 radical (unpaired) electrons. The zero-order valence-corrected chi connectivity index (χ0v) is 18.0. The van der Waals surface area contributed by atoms with Crippen LogP contribution >= 0.6 is 0 Å². The second-order valence-electron chi connectivity index (χ2n) is 8.15. The number of nitrogens with zero attached hydrogens (tertiary/aromatic N) is 1. The van der Waals surface area contributed by atoms with E-state index in [1.807, 2.05) is 44.2 Å². The van der Waals surface area contributed by atoms with Crippen LogP contribution in [0.3, 0.4) is 0 Å². The highest BCUT2D eigenvalue weighted by molar-refractivity contribution is 5.99. The molecule has 2 heterocycles. The highest BCUT2D eigenvalue weighted by Crippen LogP contribution is 2.28. The summed E-state index contributed by atoms with van der Waals surface area (Å²) in [4.78, 5) is 15.5. The molecule has 0 bridgehead atoms. The Labute approximate surface area is 178 Å². The number of carbonyl (C=O) groups excluding carboxylic acids is 1. The molecule has 5 heteroatoms. The molecule has 1 unspecified atom stereocenters.